The van der Waals surface area contributed by atoms with Crippen molar-refractivity contribution < 1.29 is 8.42 Å². The Morgan fingerprint density at radius 3 is 2.76 bits per heavy atom. The molecule has 9 heteroatoms. The van der Waals surface area contributed by atoms with Crippen LogP contribution in [0.5, 0.6) is 0 Å². The molecule has 1 aromatic carbocycles. The third-order valence-electron chi connectivity index (χ3n) is 2.85. The van der Waals surface area contributed by atoms with Crippen LogP contribution in [0.25, 0.3) is 4.96 Å². The summed E-state index contributed by atoms with van der Waals surface area (Å²) in [4.78, 5) is 0.641. The minimum atomic E-state index is -3.39. The summed E-state index contributed by atoms with van der Waals surface area (Å²) in [5.74, 6) is -0.0443. The number of nitrogens with zero attached hydrogens (tertiary/aromatic N) is 4. The highest BCUT2D eigenvalue weighted by atomic mass is 32.2. The van der Waals surface area contributed by atoms with E-state index in [-0.39, 0.29) is 12.3 Å². The highest BCUT2D eigenvalue weighted by Crippen LogP contribution is 2.12. The van der Waals surface area contributed by atoms with Crippen LogP contribution in [0.4, 0.5) is 0 Å². The van der Waals surface area contributed by atoms with Gasteiger partial charge in [-0.15, -0.1) is 10.2 Å². The summed E-state index contributed by atoms with van der Waals surface area (Å²) in [6.45, 7) is 2.12. The van der Waals surface area contributed by atoms with E-state index in [9.17, 15) is 8.42 Å². The van der Waals surface area contributed by atoms with E-state index in [1.165, 1.54) is 22.2 Å². The molecule has 0 amide bonds. The summed E-state index contributed by atoms with van der Waals surface area (Å²) < 4.78 is 28.2. The molecule has 0 saturated carbocycles. The van der Waals surface area contributed by atoms with Crippen molar-refractivity contribution in [1.82, 2.24) is 24.5 Å². The Morgan fingerprint density at radius 2 is 2.05 bits per heavy atom. The first-order chi connectivity index (χ1) is 10.0. The quantitative estimate of drug-likeness (QED) is 0.760. The first-order valence-corrected chi connectivity index (χ1v) is 8.67. The molecule has 0 bridgehead atoms. The number of nitrogens with one attached hydrogen (secondary N) is 1. The molecule has 0 unspecified atom stereocenters. The highest BCUT2D eigenvalue weighted by molar-refractivity contribution is 7.88. The fourth-order valence-corrected chi connectivity index (χ4v) is 3.73. The summed E-state index contributed by atoms with van der Waals surface area (Å²) >= 11 is 1.30. The second kappa shape index (κ2) is 5.51. The molecule has 1 N–H and O–H groups in total. The minimum Gasteiger partial charge on any atom is -0.212 e. The molecule has 3 rings (SSSR count). The summed E-state index contributed by atoms with van der Waals surface area (Å²) in [5, 5.41) is 12.4. The second-order valence-electron chi connectivity index (χ2n) is 4.62. The number of hydrogen-bond donors (Lipinski definition) is 1. The van der Waals surface area contributed by atoms with Crippen molar-refractivity contribution in [2.75, 3.05) is 0 Å². The summed E-state index contributed by atoms with van der Waals surface area (Å²) in [6.07, 6.45) is 1.48. The molecule has 7 nitrogen and oxygen atoms in total. The van der Waals surface area contributed by atoms with Crippen molar-refractivity contribution >= 4 is 26.3 Å². The topological polar surface area (TPSA) is 89.2 Å². The molecule has 0 atom stereocenters. The monoisotopic (exact) mass is 323 g/mol. The lowest BCUT2D eigenvalue weighted by Crippen LogP contribution is -2.24. The van der Waals surface area contributed by atoms with Gasteiger partial charge in [0.2, 0.25) is 15.0 Å². The van der Waals surface area contributed by atoms with Crippen LogP contribution in [-0.2, 0) is 22.3 Å². The van der Waals surface area contributed by atoms with Crippen molar-refractivity contribution in [3.05, 3.63) is 46.7 Å². The molecule has 110 valence electrons. The number of fused-ring (bicyclic) bond motifs is 1. The van der Waals surface area contributed by atoms with Gasteiger partial charge in [0.15, 0.2) is 0 Å². The van der Waals surface area contributed by atoms with Crippen molar-refractivity contribution in [3.8, 4) is 0 Å². The van der Waals surface area contributed by atoms with Crippen LogP contribution in [0.3, 0.4) is 0 Å². The maximum Gasteiger partial charge on any atom is 0.234 e. The molecular formula is C12H13N5O2S2. The van der Waals surface area contributed by atoms with Crippen LogP contribution in [0, 0.1) is 6.92 Å². The van der Waals surface area contributed by atoms with Crippen LogP contribution in [-0.4, -0.2) is 28.2 Å². The Hall–Kier alpha value is -1.84. The smallest absolute Gasteiger partial charge is 0.212 e. The molecule has 3 aromatic rings. The Bertz CT molecular complexity index is 823. The zero-order valence-electron chi connectivity index (χ0n) is 11.2. The van der Waals surface area contributed by atoms with Gasteiger partial charge < -0.3 is 0 Å². The maximum absolute atomic E-state index is 12.0. The molecule has 0 spiro atoms. The highest BCUT2D eigenvalue weighted by Gasteiger charge is 2.13. The molecular weight excluding hydrogens is 310 g/mol. The van der Waals surface area contributed by atoms with Crippen molar-refractivity contribution in [1.29, 1.82) is 0 Å². The minimum absolute atomic E-state index is 0.0443. The van der Waals surface area contributed by atoms with Crippen molar-refractivity contribution in [3.63, 3.8) is 0 Å². The fourth-order valence-electron chi connectivity index (χ4n) is 1.80. The Morgan fingerprint density at radius 1 is 1.29 bits per heavy atom. The average Bonchev–Trinajstić information content (AvgIpc) is 3.00. The molecule has 0 radical (unpaired) electrons. The van der Waals surface area contributed by atoms with Gasteiger partial charge in [-0.05, 0) is 12.5 Å². The van der Waals surface area contributed by atoms with Crippen LogP contribution < -0.4 is 4.72 Å². The number of hydrogen-bond acceptors (Lipinski definition) is 6. The Labute approximate surface area is 125 Å². The molecule has 21 heavy (non-hydrogen) atoms. The van der Waals surface area contributed by atoms with E-state index in [0.29, 0.717) is 9.97 Å². The summed E-state index contributed by atoms with van der Waals surface area (Å²) in [7, 11) is -3.39. The Kier molecular flexibility index (Phi) is 3.70. The van der Waals surface area contributed by atoms with Gasteiger partial charge >= 0.3 is 0 Å². The van der Waals surface area contributed by atoms with Gasteiger partial charge in [-0.3, -0.25) is 0 Å². The second-order valence-corrected chi connectivity index (χ2v) is 7.47. The third kappa shape index (κ3) is 3.43. The van der Waals surface area contributed by atoms with Gasteiger partial charge in [0.05, 0.1) is 12.3 Å². The fraction of sp³-hybridized carbons (Fsp3) is 0.250. The summed E-state index contributed by atoms with van der Waals surface area (Å²) in [5.41, 5.74) is 1.86. The van der Waals surface area contributed by atoms with E-state index < -0.39 is 10.0 Å². The molecule has 0 aliphatic rings. The average molecular weight is 323 g/mol. The van der Waals surface area contributed by atoms with Gasteiger partial charge in [0.25, 0.3) is 0 Å². The SMILES string of the molecule is Cc1ccc(CS(=O)(=O)NCc2nn3cnnc3s2)cc1. The lowest BCUT2D eigenvalue weighted by atomic mass is 10.2. The van der Waals surface area contributed by atoms with E-state index in [4.69, 9.17) is 0 Å². The third-order valence-corrected chi connectivity index (χ3v) is 5.06. The lowest BCUT2D eigenvalue weighted by Gasteiger charge is -2.05. The van der Waals surface area contributed by atoms with E-state index in [1.54, 1.807) is 0 Å². The maximum atomic E-state index is 12.0. The predicted molar refractivity (Wildman–Crippen MR) is 79.3 cm³/mol. The van der Waals surface area contributed by atoms with Crippen LogP contribution in [0.2, 0.25) is 0 Å². The van der Waals surface area contributed by atoms with Gasteiger partial charge in [0.1, 0.15) is 11.3 Å². The number of aromatic nitrogens is 4. The van der Waals surface area contributed by atoms with Gasteiger partial charge in [-0.25, -0.2) is 13.1 Å². The predicted octanol–water partition coefficient (Wildman–Crippen LogP) is 1.11. The molecule has 0 aliphatic heterocycles. The molecule has 2 heterocycles. The molecule has 0 aliphatic carbocycles. The van der Waals surface area contributed by atoms with Gasteiger partial charge in [-0.1, -0.05) is 41.2 Å². The summed E-state index contributed by atoms with van der Waals surface area (Å²) in [6, 6.07) is 7.43. The molecule has 0 fully saturated rings. The van der Waals surface area contributed by atoms with Crippen LogP contribution >= 0.6 is 11.3 Å². The van der Waals surface area contributed by atoms with Crippen LogP contribution in [0.1, 0.15) is 16.1 Å². The number of sulfonamides is 1. The first kappa shape index (κ1) is 14.1. The van der Waals surface area contributed by atoms with Gasteiger partial charge in [0, 0.05) is 0 Å². The zero-order chi connectivity index (χ0) is 14.9. The standard InChI is InChI=1S/C12H13N5O2S2/c1-9-2-4-10(5-3-9)7-21(18,19)14-6-11-16-17-8-13-15-12(17)20-11/h2-5,8,14H,6-7H2,1H3. The van der Waals surface area contributed by atoms with Gasteiger partial charge in [-0.2, -0.15) is 9.61 Å². The van der Waals surface area contributed by atoms with E-state index >= 15 is 0 Å². The zero-order valence-corrected chi connectivity index (χ0v) is 12.9. The molecule has 2 aromatic heterocycles. The number of rotatable bonds is 5. The number of benzene rings is 1. The first-order valence-electron chi connectivity index (χ1n) is 6.20. The van der Waals surface area contributed by atoms with E-state index in [1.807, 2.05) is 31.2 Å². The van der Waals surface area contributed by atoms with E-state index in [0.717, 1.165) is 11.1 Å². The van der Waals surface area contributed by atoms with Crippen molar-refractivity contribution in [2.45, 2.75) is 19.2 Å². The normalized spacial score (nSPS) is 12.0. The number of aryl methyl sites for hydroxylation is 1. The van der Waals surface area contributed by atoms with Crippen LogP contribution in [0.15, 0.2) is 30.6 Å². The molecule has 0 saturated heterocycles. The largest absolute Gasteiger partial charge is 0.234 e. The lowest BCUT2D eigenvalue weighted by molar-refractivity contribution is 0.580. The van der Waals surface area contributed by atoms with E-state index in [2.05, 4.69) is 20.0 Å². The Balaban J connectivity index is 1.65. The van der Waals surface area contributed by atoms with Crippen molar-refractivity contribution in [2.24, 2.45) is 0 Å².